The number of esters is 2. The third kappa shape index (κ3) is 30.1. The minimum atomic E-state index is -1.76. The molecule has 0 spiro atoms. The fourth-order valence-electron chi connectivity index (χ4n) is 4.83. The van der Waals surface area contributed by atoms with E-state index in [9.17, 15) is 9.59 Å². The molecule has 0 aliphatic rings. The summed E-state index contributed by atoms with van der Waals surface area (Å²) >= 11 is 0. The van der Waals surface area contributed by atoms with E-state index in [1.165, 1.54) is 116 Å². The SMILES string of the molecule is CCCCCCCCCCCCCC(=O)OCC(CO[Si](C)(C)C)OC(=O)CCCCCCCCCCCCC. The van der Waals surface area contributed by atoms with Gasteiger partial charge in [-0.1, -0.05) is 142 Å². The molecule has 0 aromatic carbocycles. The van der Waals surface area contributed by atoms with Gasteiger partial charge in [0.2, 0.25) is 0 Å². The molecule has 0 rings (SSSR count). The molecule has 0 N–H and O–H groups in total. The van der Waals surface area contributed by atoms with Crippen molar-refractivity contribution in [3.8, 4) is 0 Å². The van der Waals surface area contributed by atoms with Gasteiger partial charge in [0.05, 0.1) is 6.61 Å². The Kier molecular flexibility index (Phi) is 27.6. The van der Waals surface area contributed by atoms with Gasteiger partial charge < -0.3 is 13.9 Å². The van der Waals surface area contributed by atoms with Crippen molar-refractivity contribution >= 4 is 20.3 Å². The zero-order chi connectivity index (χ0) is 29.7. The molecular formula is C34H68O5Si. The van der Waals surface area contributed by atoms with Crippen LogP contribution in [-0.2, 0) is 23.5 Å². The van der Waals surface area contributed by atoms with E-state index in [0.29, 0.717) is 19.4 Å². The maximum Gasteiger partial charge on any atom is 0.306 e. The summed E-state index contributed by atoms with van der Waals surface area (Å²) in [6.45, 7) is 11.2. The van der Waals surface area contributed by atoms with Crippen molar-refractivity contribution in [2.45, 2.75) is 194 Å². The minimum Gasteiger partial charge on any atom is -0.462 e. The number of ether oxygens (including phenoxy) is 2. The molecular weight excluding hydrogens is 516 g/mol. The smallest absolute Gasteiger partial charge is 0.306 e. The Morgan fingerprint density at radius 2 is 0.850 bits per heavy atom. The van der Waals surface area contributed by atoms with Gasteiger partial charge >= 0.3 is 11.9 Å². The Labute approximate surface area is 250 Å². The molecule has 0 heterocycles. The fourth-order valence-corrected chi connectivity index (χ4v) is 5.51. The molecule has 40 heavy (non-hydrogen) atoms. The van der Waals surface area contributed by atoms with Gasteiger partial charge in [-0.25, -0.2) is 0 Å². The summed E-state index contributed by atoms with van der Waals surface area (Å²) in [5.41, 5.74) is 0. The van der Waals surface area contributed by atoms with Crippen molar-refractivity contribution in [3.63, 3.8) is 0 Å². The first-order valence-corrected chi connectivity index (χ1v) is 20.7. The first-order chi connectivity index (χ1) is 19.3. The fraction of sp³-hybridized carbons (Fsp3) is 0.941. The van der Waals surface area contributed by atoms with Crippen LogP contribution in [0.1, 0.15) is 168 Å². The predicted molar refractivity (Wildman–Crippen MR) is 172 cm³/mol. The lowest BCUT2D eigenvalue weighted by molar-refractivity contribution is -0.161. The van der Waals surface area contributed by atoms with E-state index >= 15 is 0 Å². The quantitative estimate of drug-likeness (QED) is 0.0477. The number of rotatable bonds is 30. The van der Waals surface area contributed by atoms with Crippen molar-refractivity contribution in [1.82, 2.24) is 0 Å². The van der Waals surface area contributed by atoms with Crippen LogP contribution in [0.4, 0.5) is 0 Å². The monoisotopic (exact) mass is 584 g/mol. The summed E-state index contributed by atoms with van der Waals surface area (Å²) in [6.07, 6.45) is 27.9. The van der Waals surface area contributed by atoms with E-state index in [1.54, 1.807) is 0 Å². The number of hydrogen-bond acceptors (Lipinski definition) is 5. The van der Waals surface area contributed by atoms with Crippen molar-refractivity contribution in [1.29, 1.82) is 0 Å². The van der Waals surface area contributed by atoms with Crippen LogP contribution in [0.15, 0.2) is 0 Å². The molecule has 0 radical (unpaired) electrons. The zero-order valence-corrected chi connectivity index (χ0v) is 28.5. The molecule has 0 aliphatic heterocycles. The molecule has 0 aromatic rings. The van der Waals surface area contributed by atoms with Gasteiger partial charge in [0, 0.05) is 12.8 Å². The molecule has 0 aliphatic carbocycles. The van der Waals surface area contributed by atoms with Crippen LogP contribution in [0.25, 0.3) is 0 Å². The third-order valence-electron chi connectivity index (χ3n) is 7.40. The Bertz CT molecular complexity index is 575. The van der Waals surface area contributed by atoms with Gasteiger partial charge in [0.1, 0.15) is 6.61 Å². The summed E-state index contributed by atoms with van der Waals surface area (Å²) < 4.78 is 17.2. The third-order valence-corrected chi connectivity index (χ3v) is 8.43. The molecule has 0 saturated carbocycles. The molecule has 0 fully saturated rings. The molecule has 0 aromatic heterocycles. The normalized spacial score (nSPS) is 12.4. The molecule has 6 heteroatoms. The van der Waals surface area contributed by atoms with Gasteiger partial charge in [-0.15, -0.1) is 0 Å². The van der Waals surface area contributed by atoms with Crippen molar-refractivity contribution in [3.05, 3.63) is 0 Å². The molecule has 1 unspecified atom stereocenters. The van der Waals surface area contributed by atoms with E-state index < -0.39 is 14.4 Å². The second-order valence-electron chi connectivity index (χ2n) is 12.8. The van der Waals surface area contributed by atoms with Crippen LogP contribution < -0.4 is 0 Å². The van der Waals surface area contributed by atoms with Gasteiger partial charge in [-0.2, -0.15) is 0 Å². The number of carbonyl (C=O) groups is 2. The molecule has 238 valence electrons. The number of unbranched alkanes of at least 4 members (excludes halogenated alkanes) is 20. The van der Waals surface area contributed by atoms with Gasteiger partial charge in [0.15, 0.2) is 14.4 Å². The van der Waals surface area contributed by atoms with E-state index in [-0.39, 0.29) is 18.5 Å². The Morgan fingerprint density at radius 1 is 0.500 bits per heavy atom. The summed E-state index contributed by atoms with van der Waals surface area (Å²) in [6, 6.07) is 0. The molecule has 0 saturated heterocycles. The molecule has 1 atom stereocenters. The lowest BCUT2D eigenvalue weighted by atomic mass is 10.1. The molecule has 0 amide bonds. The predicted octanol–water partition coefficient (Wildman–Crippen LogP) is 10.7. The minimum absolute atomic E-state index is 0.0886. The first-order valence-electron chi connectivity index (χ1n) is 17.3. The van der Waals surface area contributed by atoms with Crippen LogP contribution >= 0.6 is 0 Å². The van der Waals surface area contributed by atoms with E-state index in [1.807, 2.05) is 0 Å². The summed E-state index contributed by atoms with van der Waals surface area (Å²) in [7, 11) is -1.76. The molecule has 0 bridgehead atoms. The topological polar surface area (TPSA) is 61.8 Å². The van der Waals surface area contributed by atoms with Gasteiger partial charge in [-0.3, -0.25) is 9.59 Å². The second-order valence-corrected chi connectivity index (χ2v) is 17.3. The van der Waals surface area contributed by atoms with Crippen LogP contribution in [-0.4, -0.2) is 39.6 Å². The highest BCUT2D eigenvalue weighted by Gasteiger charge is 2.22. The average molecular weight is 585 g/mol. The van der Waals surface area contributed by atoms with Crippen LogP contribution in [0.3, 0.4) is 0 Å². The highest BCUT2D eigenvalue weighted by Crippen LogP contribution is 2.14. The van der Waals surface area contributed by atoms with Crippen molar-refractivity contribution in [2.24, 2.45) is 0 Å². The Morgan fingerprint density at radius 3 is 1.23 bits per heavy atom. The summed E-state index contributed by atoms with van der Waals surface area (Å²) in [5, 5.41) is 0. The number of hydrogen-bond donors (Lipinski definition) is 0. The summed E-state index contributed by atoms with van der Waals surface area (Å²) in [5.74, 6) is -0.406. The Hall–Kier alpha value is -0.883. The Balaban J connectivity index is 4.00. The first kappa shape index (κ1) is 39.1. The highest BCUT2D eigenvalue weighted by molar-refractivity contribution is 6.69. The molecule has 5 nitrogen and oxygen atoms in total. The standard InChI is InChI=1S/C34H68O5Si/c1-6-8-10-12-14-16-18-20-22-24-26-28-33(35)37-30-32(31-38-40(3,4)5)39-34(36)29-27-25-23-21-19-17-15-13-11-9-7-2/h32H,6-31H2,1-5H3. The van der Waals surface area contributed by atoms with Gasteiger partial charge in [-0.05, 0) is 32.5 Å². The summed E-state index contributed by atoms with van der Waals surface area (Å²) in [4.78, 5) is 24.7. The van der Waals surface area contributed by atoms with Crippen molar-refractivity contribution < 1.29 is 23.5 Å². The maximum absolute atomic E-state index is 12.5. The highest BCUT2D eigenvalue weighted by atomic mass is 28.4. The van der Waals surface area contributed by atoms with E-state index in [4.69, 9.17) is 13.9 Å². The van der Waals surface area contributed by atoms with E-state index in [0.717, 1.165) is 25.7 Å². The van der Waals surface area contributed by atoms with E-state index in [2.05, 4.69) is 33.5 Å². The maximum atomic E-state index is 12.5. The largest absolute Gasteiger partial charge is 0.462 e. The lowest BCUT2D eigenvalue weighted by Gasteiger charge is -2.23. The zero-order valence-electron chi connectivity index (χ0n) is 27.5. The van der Waals surface area contributed by atoms with Crippen LogP contribution in [0, 0.1) is 0 Å². The van der Waals surface area contributed by atoms with Crippen LogP contribution in [0.5, 0.6) is 0 Å². The van der Waals surface area contributed by atoms with Crippen LogP contribution in [0.2, 0.25) is 19.6 Å². The van der Waals surface area contributed by atoms with Crippen molar-refractivity contribution in [2.75, 3.05) is 13.2 Å². The lowest BCUT2D eigenvalue weighted by Crippen LogP contribution is -2.35. The number of carbonyl (C=O) groups excluding carboxylic acids is 2. The average Bonchev–Trinajstić information content (AvgIpc) is 2.91. The van der Waals surface area contributed by atoms with Gasteiger partial charge in [0.25, 0.3) is 0 Å². The second kappa shape index (κ2) is 28.2.